The average molecular weight is 441 g/mol. The minimum atomic E-state index is -2.78. The maximum Gasteiger partial charge on any atom is 0.278 e. The maximum absolute atomic E-state index is 14.8. The zero-order chi connectivity index (χ0) is 22.2. The molecule has 0 atom stereocenters. The lowest BCUT2D eigenvalue weighted by Gasteiger charge is -2.64. The molecule has 0 radical (unpaired) electrons. The van der Waals surface area contributed by atoms with Crippen LogP contribution in [0.3, 0.4) is 0 Å². The Hall–Kier alpha value is -2.47. The van der Waals surface area contributed by atoms with Gasteiger partial charge in [0.05, 0.1) is 0 Å². The lowest BCUT2D eigenvalue weighted by Crippen LogP contribution is -2.60. The minimum absolute atomic E-state index is 0.0507. The fourth-order valence-electron chi connectivity index (χ4n) is 5.42. The number of hydrogen-bond acceptors (Lipinski definition) is 3. The normalized spacial score (nSPS) is 25.5. The molecule has 1 saturated heterocycles. The highest BCUT2D eigenvalue weighted by Gasteiger charge is 2.69. The number of piperidine rings is 1. The van der Waals surface area contributed by atoms with Gasteiger partial charge in [-0.2, -0.15) is 0 Å². The van der Waals surface area contributed by atoms with Crippen molar-refractivity contribution in [3.63, 3.8) is 0 Å². The maximum atomic E-state index is 14.8. The lowest BCUT2D eigenvalue weighted by atomic mass is 9.41. The van der Waals surface area contributed by atoms with Gasteiger partial charge >= 0.3 is 0 Å². The van der Waals surface area contributed by atoms with Gasteiger partial charge in [0.15, 0.2) is 6.61 Å². The van der Waals surface area contributed by atoms with Gasteiger partial charge in [0.1, 0.15) is 5.75 Å². The molecule has 32 heavy (non-hydrogen) atoms. The van der Waals surface area contributed by atoms with Gasteiger partial charge in [-0.3, -0.25) is 9.69 Å². The highest BCUT2D eigenvalue weighted by atomic mass is 19.3. The minimum Gasteiger partial charge on any atom is -0.484 e. The molecule has 4 fully saturated rings. The van der Waals surface area contributed by atoms with Crippen LogP contribution in [0.15, 0.2) is 54.6 Å². The Morgan fingerprint density at radius 3 is 2.28 bits per heavy atom. The average Bonchev–Trinajstić information content (AvgIpc) is 2.72. The van der Waals surface area contributed by atoms with Crippen molar-refractivity contribution in [2.24, 2.45) is 11.3 Å². The van der Waals surface area contributed by atoms with Gasteiger partial charge < -0.3 is 10.1 Å². The van der Waals surface area contributed by atoms with Gasteiger partial charge in [0.2, 0.25) is 0 Å². The molecule has 4 nitrogen and oxygen atoms in total. The number of carbonyl (C=O) groups is 1. The smallest absolute Gasteiger partial charge is 0.278 e. The standard InChI is InChI=1S/C26H30F2N2O2/c27-26(28,25-14-20(15-25)16-25)21-6-8-23(9-7-21)32-18-24(31)29-22-10-12-30(13-11-22)17-19-4-2-1-3-5-19/h1-9,20,22H,10-18H2,(H,29,31). The Labute approximate surface area is 187 Å². The number of amides is 1. The van der Waals surface area contributed by atoms with Crippen molar-refractivity contribution < 1.29 is 18.3 Å². The number of alkyl halides is 2. The first-order valence-electron chi connectivity index (χ1n) is 11.6. The summed E-state index contributed by atoms with van der Waals surface area (Å²) in [5.41, 5.74) is 0.544. The fraction of sp³-hybridized carbons (Fsp3) is 0.500. The zero-order valence-electron chi connectivity index (χ0n) is 18.2. The summed E-state index contributed by atoms with van der Waals surface area (Å²) in [7, 11) is 0. The second kappa shape index (κ2) is 8.47. The summed E-state index contributed by atoms with van der Waals surface area (Å²) in [5, 5.41) is 3.04. The zero-order valence-corrected chi connectivity index (χ0v) is 18.2. The quantitative estimate of drug-likeness (QED) is 0.645. The molecule has 2 aromatic carbocycles. The molecule has 1 heterocycles. The number of rotatable bonds is 8. The number of hydrogen-bond donors (Lipinski definition) is 1. The molecule has 6 rings (SSSR count). The van der Waals surface area contributed by atoms with E-state index in [-0.39, 0.29) is 24.1 Å². The van der Waals surface area contributed by atoms with Crippen LogP contribution >= 0.6 is 0 Å². The summed E-state index contributed by atoms with van der Waals surface area (Å²) in [4.78, 5) is 14.7. The van der Waals surface area contributed by atoms with Gasteiger partial charge in [0, 0.05) is 36.7 Å². The first-order valence-corrected chi connectivity index (χ1v) is 11.6. The third-order valence-electron chi connectivity index (χ3n) is 7.49. The Morgan fingerprint density at radius 2 is 1.69 bits per heavy atom. The van der Waals surface area contributed by atoms with Crippen LogP contribution in [-0.2, 0) is 17.3 Å². The Kier molecular flexibility index (Phi) is 5.66. The van der Waals surface area contributed by atoms with Crippen LogP contribution < -0.4 is 10.1 Å². The number of ether oxygens (including phenoxy) is 1. The van der Waals surface area contributed by atoms with E-state index in [1.807, 2.05) is 6.07 Å². The van der Waals surface area contributed by atoms with Gasteiger partial charge in [-0.25, -0.2) is 8.78 Å². The highest BCUT2D eigenvalue weighted by Crippen LogP contribution is 2.73. The van der Waals surface area contributed by atoms with Crippen molar-refractivity contribution in [1.29, 1.82) is 0 Å². The van der Waals surface area contributed by atoms with Gasteiger partial charge in [-0.15, -0.1) is 0 Å². The van der Waals surface area contributed by atoms with Gasteiger partial charge in [-0.1, -0.05) is 30.3 Å². The molecular formula is C26H30F2N2O2. The van der Waals surface area contributed by atoms with E-state index in [1.54, 1.807) is 12.1 Å². The van der Waals surface area contributed by atoms with E-state index in [0.29, 0.717) is 30.9 Å². The number of likely N-dealkylation sites (tertiary alicyclic amines) is 1. The summed E-state index contributed by atoms with van der Waals surface area (Å²) in [5.74, 6) is -2.00. The number of nitrogens with one attached hydrogen (secondary N) is 1. The summed E-state index contributed by atoms with van der Waals surface area (Å²) < 4.78 is 35.1. The molecule has 0 unspecified atom stereocenters. The van der Waals surface area contributed by atoms with E-state index < -0.39 is 11.3 Å². The first kappa shape index (κ1) is 21.4. The number of benzene rings is 2. The van der Waals surface area contributed by atoms with E-state index in [4.69, 9.17) is 4.74 Å². The van der Waals surface area contributed by atoms with Crippen LogP contribution in [0.25, 0.3) is 0 Å². The van der Waals surface area contributed by atoms with Crippen molar-refractivity contribution in [3.05, 3.63) is 65.7 Å². The second-order valence-electron chi connectivity index (χ2n) is 9.75. The third-order valence-corrected chi connectivity index (χ3v) is 7.49. The second-order valence-corrected chi connectivity index (χ2v) is 9.75. The largest absolute Gasteiger partial charge is 0.484 e. The molecule has 4 aliphatic rings. The molecule has 3 saturated carbocycles. The van der Waals surface area contributed by atoms with Crippen LogP contribution in [0.1, 0.15) is 43.2 Å². The van der Waals surface area contributed by atoms with E-state index in [1.165, 1.54) is 17.7 Å². The topological polar surface area (TPSA) is 41.6 Å². The number of halogens is 2. The van der Waals surface area contributed by atoms with Crippen molar-refractivity contribution >= 4 is 5.91 Å². The van der Waals surface area contributed by atoms with Crippen molar-refractivity contribution in [3.8, 4) is 5.75 Å². The fourth-order valence-corrected chi connectivity index (χ4v) is 5.42. The Bertz CT molecular complexity index is 923. The molecule has 1 amide bonds. The van der Waals surface area contributed by atoms with E-state index in [2.05, 4.69) is 34.5 Å². The van der Waals surface area contributed by atoms with Gasteiger partial charge in [0.25, 0.3) is 11.8 Å². The first-order chi connectivity index (χ1) is 15.4. The Balaban J connectivity index is 1.04. The molecule has 2 aromatic rings. The molecule has 0 aromatic heterocycles. The predicted molar refractivity (Wildman–Crippen MR) is 118 cm³/mol. The van der Waals surface area contributed by atoms with E-state index in [9.17, 15) is 13.6 Å². The van der Waals surface area contributed by atoms with E-state index >= 15 is 0 Å². The molecule has 0 spiro atoms. The third kappa shape index (κ3) is 4.13. The van der Waals surface area contributed by atoms with Crippen LogP contribution in [-0.4, -0.2) is 36.5 Å². The molecule has 1 aliphatic heterocycles. The van der Waals surface area contributed by atoms with Crippen LogP contribution in [0.5, 0.6) is 5.75 Å². The van der Waals surface area contributed by atoms with Crippen LogP contribution in [0.4, 0.5) is 8.78 Å². The molecule has 2 bridgehead atoms. The monoisotopic (exact) mass is 440 g/mol. The van der Waals surface area contributed by atoms with Crippen molar-refractivity contribution in [1.82, 2.24) is 10.2 Å². The van der Waals surface area contributed by atoms with Crippen molar-refractivity contribution in [2.45, 2.75) is 50.6 Å². The van der Waals surface area contributed by atoms with Crippen molar-refractivity contribution in [2.75, 3.05) is 19.7 Å². The molecule has 1 N–H and O–H groups in total. The van der Waals surface area contributed by atoms with Crippen LogP contribution in [0, 0.1) is 11.3 Å². The summed E-state index contributed by atoms with van der Waals surface area (Å²) >= 11 is 0. The summed E-state index contributed by atoms with van der Waals surface area (Å²) in [6, 6.07) is 16.5. The van der Waals surface area contributed by atoms with Crippen LogP contribution in [0.2, 0.25) is 0 Å². The number of carbonyl (C=O) groups excluding carboxylic acids is 1. The summed E-state index contributed by atoms with van der Waals surface area (Å²) in [6.45, 7) is 2.71. The predicted octanol–water partition coefficient (Wildman–Crippen LogP) is 4.74. The SMILES string of the molecule is O=C(COc1ccc(C(F)(F)C23CC(C2)C3)cc1)NC1CCN(Cc2ccccc2)CC1. The molecule has 3 aliphatic carbocycles. The summed E-state index contributed by atoms with van der Waals surface area (Å²) in [6.07, 6.45) is 3.74. The highest BCUT2D eigenvalue weighted by molar-refractivity contribution is 5.77. The number of nitrogens with zero attached hydrogens (tertiary/aromatic N) is 1. The Morgan fingerprint density at radius 1 is 1.03 bits per heavy atom. The molecular weight excluding hydrogens is 410 g/mol. The lowest BCUT2D eigenvalue weighted by molar-refractivity contribution is -0.271. The molecule has 170 valence electrons. The molecule has 6 heteroatoms. The van der Waals surface area contributed by atoms with E-state index in [0.717, 1.165) is 32.5 Å². The van der Waals surface area contributed by atoms with Gasteiger partial charge in [-0.05, 0) is 67.9 Å².